The number of hydrogen-bond acceptors (Lipinski definition) is 9. The minimum atomic E-state index is -1.41. The van der Waals surface area contributed by atoms with Gasteiger partial charge in [0.05, 0.1) is 6.04 Å². The summed E-state index contributed by atoms with van der Waals surface area (Å²) in [6.45, 7) is 0. The lowest BCUT2D eigenvalue weighted by Crippen LogP contribution is -2.57. The summed E-state index contributed by atoms with van der Waals surface area (Å²) >= 11 is 6.87. The summed E-state index contributed by atoms with van der Waals surface area (Å²) in [7, 11) is 0. The van der Waals surface area contributed by atoms with Crippen LogP contribution < -0.4 is 21.7 Å². The predicted molar refractivity (Wildman–Crippen MR) is 128 cm³/mol. The van der Waals surface area contributed by atoms with Crippen LogP contribution in [0.2, 0.25) is 0 Å². The van der Waals surface area contributed by atoms with Crippen LogP contribution in [-0.2, 0) is 24.0 Å². The van der Waals surface area contributed by atoms with Gasteiger partial charge in [0.1, 0.15) is 18.1 Å². The molecule has 0 aliphatic carbocycles. The van der Waals surface area contributed by atoms with Gasteiger partial charge in [-0.05, 0) is 43.3 Å². The molecule has 0 saturated heterocycles. The lowest BCUT2D eigenvalue weighted by atomic mass is 10.1. The molecule has 0 rings (SSSR count). The third-order valence-corrected chi connectivity index (χ3v) is 5.96. The van der Waals surface area contributed by atoms with E-state index < -0.39 is 60.2 Å². The summed E-state index contributed by atoms with van der Waals surface area (Å²) in [6.07, 6.45) is 3.42. The topological polar surface area (TPSA) is 188 Å². The molecule has 7 N–H and O–H groups in total. The first-order chi connectivity index (χ1) is 15.1. The molecule has 0 radical (unpaired) electrons. The molecule has 11 nitrogen and oxygen atoms in total. The van der Waals surface area contributed by atoms with Crippen molar-refractivity contribution in [3.8, 4) is 0 Å². The number of carbonyl (C=O) groups excluding carboxylic acids is 3. The number of amides is 3. The van der Waals surface area contributed by atoms with E-state index in [-0.39, 0.29) is 18.6 Å². The Morgan fingerprint density at radius 2 is 1.25 bits per heavy atom. The number of thioether (sulfide) groups is 2. The highest BCUT2D eigenvalue weighted by molar-refractivity contribution is 7.98. The van der Waals surface area contributed by atoms with Crippen molar-refractivity contribution in [2.45, 2.75) is 49.9 Å². The fourth-order valence-corrected chi connectivity index (χ4v) is 3.55. The van der Waals surface area contributed by atoms with Gasteiger partial charge >= 0.3 is 11.9 Å². The van der Waals surface area contributed by atoms with Crippen LogP contribution in [0.3, 0.4) is 0 Å². The molecule has 4 atom stereocenters. The number of hydrogen-bond donors (Lipinski definition) is 7. The van der Waals surface area contributed by atoms with Crippen molar-refractivity contribution >= 4 is 65.8 Å². The molecule has 0 saturated carbocycles. The molecule has 32 heavy (non-hydrogen) atoms. The first-order valence-corrected chi connectivity index (χ1v) is 13.2. The highest BCUT2D eigenvalue weighted by Crippen LogP contribution is 2.07. The molecule has 3 amide bonds. The molecule has 0 heterocycles. The minimum Gasteiger partial charge on any atom is -0.481 e. The van der Waals surface area contributed by atoms with Gasteiger partial charge in [0.25, 0.3) is 0 Å². The Kier molecular flexibility index (Phi) is 16.1. The fourth-order valence-electron chi connectivity index (χ4n) is 2.44. The van der Waals surface area contributed by atoms with Gasteiger partial charge in [0.2, 0.25) is 17.7 Å². The zero-order valence-corrected chi connectivity index (χ0v) is 20.6. The van der Waals surface area contributed by atoms with Crippen molar-refractivity contribution in [3.05, 3.63) is 0 Å². The number of thiol groups is 1. The molecule has 0 aliphatic heterocycles. The Labute approximate surface area is 201 Å². The van der Waals surface area contributed by atoms with E-state index in [4.69, 9.17) is 10.8 Å². The molecule has 0 aromatic carbocycles. The Bertz CT molecular complexity index is 654. The number of carboxylic acid groups (broad SMARTS) is 2. The number of aliphatic carboxylic acids is 2. The van der Waals surface area contributed by atoms with E-state index in [9.17, 15) is 29.1 Å². The van der Waals surface area contributed by atoms with Crippen LogP contribution in [0, 0.1) is 0 Å². The van der Waals surface area contributed by atoms with E-state index >= 15 is 0 Å². The van der Waals surface area contributed by atoms with Crippen molar-refractivity contribution in [1.82, 2.24) is 16.0 Å². The van der Waals surface area contributed by atoms with Crippen LogP contribution in [0.5, 0.6) is 0 Å². The van der Waals surface area contributed by atoms with Crippen LogP contribution in [0.25, 0.3) is 0 Å². The fraction of sp³-hybridized carbons (Fsp3) is 0.722. The Hall–Kier alpha value is -1.64. The summed E-state index contributed by atoms with van der Waals surface area (Å²) in [5, 5.41) is 25.5. The first kappa shape index (κ1) is 30.4. The Morgan fingerprint density at radius 3 is 1.62 bits per heavy atom. The van der Waals surface area contributed by atoms with Gasteiger partial charge in [-0.1, -0.05) is 0 Å². The van der Waals surface area contributed by atoms with E-state index in [1.807, 2.05) is 12.5 Å². The molecule has 0 bridgehead atoms. The second-order valence-corrected chi connectivity index (χ2v) is 9.14. The smallest absolute Gasteiger partial charge is 0.326 e. The minimum absolute atomic E-state index is 0.0916. The largest absolute Gasteiger partial charge is 0.481 e. The zero-order chi connectivity index (χ0) is 24.7. The van der Waals surface area contributed by atoms with Crippen molar-refractivity contribution in [3.63, 3.8) is 0 Å². The summed E-state index contributed by atoms with van der Waals surface area (Å²) in [5.74, 6) is -3.31. The number of rotatable bonds is 17. The van der Waals surface area contributed by atoms with Crippen LogP contribution in [0.15, 0.2) is 0 Å². The second-order valence-electron chi connectivity index (χ2n) is 6.81. The molecular formula is C18H32N4O7S3. The maximum absolute atomic E-state index is 12.8. The van der Waals surface area contributed by atoms with Crippen LogP contribution in [-0.4, -0.2) is 93.8 Å². The normalized spacial score (nSPS) is 14.5. The van der Waals surface area contributed by atoms with Gasteiger partial charge in [0, 0.05) is 12.2 Å². The van der Waals surface area contributed by atoms with Gasteiger partial charge in [0.15, 0.2) is 0 Å². The number of carbonyl (C=O) groups is 5. The Balaban J connectivity index is 5.36. The monoisotopic (exact) mass is 512 g/mol. The third kappa shape index (κ3) is 12.4. The van der Waals surface area contributed by atoms with Crippen molar-refractivity contribution in [2.75, 3.05) is 29.8 Å². The molecule has 14 heteroatoms. The van der Waals surface area contributed by atoms with Gasteiger partial charge in [-0.2, -0.15) is 36.2 Å². The molecule has 0 aliphatic rings. The SMILES string of the molecule is CSCCC(NC(=O)C(N)CS)C(=O)NC(CCSC)C(=O)NC(CCC(=O)O)C(=O)O. The number of nitrogens with two attached hydrogens (primary N) is 1. The predicted octanol–water partition coefficient (Wildman–Crippen LogP) is -0.846. The van der Waals surface area contributed by atoms with Crippen molar-refractivity contribution in [2.24, 2.45) is 5.73 Å². The highest BCUT2D eigenvalue weighted by Gasteiger charge is 2.30. The summed E-state index contributed by atoms with van der Waals surface area (Å²) in [4.78, 5) is 59.8. The molecule has 0 spiro atoms. The van der Waals surface area contributed by atoms with Crippen LogP contribution >= 0.6 is 36.2 Å². The molecule has 0 aromatic heterocycles. The lowest BCUT2D eigenvalue weighted by Gasteiger charge is -2.25. The summed E-state index contributed by atoms with van der Waals surface area (Å²) < 4.78 is 0. The maximum atomic E-state index is 12.8. The van der Waals surface area contributed by atoms with E-state index in [0.29, 0.717) is 17.9 Å². The van der Waals surface area contributed by atoms with E-state index in [1.165, 1.54) is 23.5 Å². The van der Waals surface area contributed by atoms with Gasteiger partial charge < -0.3 is 31.9 Å². The van der Waals surface area contributed by atoms with Gasteiger partial charge in [-0.25, -0.2) is 4.79 Å². The Morgan fingerprint density at radius 1 is 0.812 bits per heavy atom. The van der Waals surface area contributed by atoms with Crippen LogP contribution in [0.1, 0.15) is 25.7 Å². The highest BCUT2D eigenvalue weighted by atomic mass is 32.2. The van der Waals surface area contributed by atoms with Crippen molar-refractivity contribution < 1.29 is 34.2 Å². The van der Waals surface area contributed by atoms with Gasteiger partial charge in [-0.15, -0.1) is 0 Å². The van der Waals surface area contributed by atoms with Crippen molar-refractivity contribution in [1.29, 1.82) is 0 Å². The molecular weight excluding hydrogens is 480 g/mol. The molecule has 4 unspecified atom stereocenters. The van der Waals surface area contributed by atoms with E-state index in [1.54, 1.807) is 0 Å². The quantitative estimate of drug-likeness (QED) is 0.121. The summed E-state index contributed by atoms with van der Waals surface area (Å²) in [5.41, 5.74) is 5.65. The van der Waals surface area contributed by atoms with Crippen LogP contribution in [0.4, 0.5) is 0 Å². The van der Waals surface area contributed by atoms with Gasteiger partial charge in [-0.3, -0.25) is 19.2 Å². The number of nitrogens with one attached hydrogen (secondary N) is 3. The van der Waals surface area contributed by atoms with E-state index in [0.717, 1.165) is 0 Å². The molecule has 0 aromatic rings. The molecule has 184 valence electrons. The zero-order valence-electron chi connectivity index (χ0n) is 18.0. The lowest BCUT2D eigenvalue weighted by molar-refractivity contribution is -0.143. The van der Waals surface area contributed by atoms with E-state index in [2.05, 4.69) is 28.6 Å². The summed E-state index contributed by atoms with van der Waals surface area (Å²) in [6, 6.07) is -4.31. The average Bonchev–Trinajstić information content (AvgIpc) is 2.75. The number of carboxylic acids is 2. The second kappa shape index (κ2) is 16.9. The standard InChI is InChI=1S/C18H32N4O7S3/c1-31-7-5-11(20-15(25)10(19)9-30)16(26)21-12(6-8-32-2)17(27)22-13(18(28)29)3-4-14(23)24/h10-13,30H,3-9,19H2,1-2H3,(H,20,25)(H,21,26)(H,22,27)(H,23,24)(H,28,29). The third-order valence-electron chi connectivity index (χ3n) is 4.28. The maximum Gasteiger partial charge on any atom is 0.326 e. The average molecular weight is 513 g/mol. The molecule has 0 fully saturated rings. The first-order valence-electron chi connectivity index (χ1n) is 9.77.